The third-order valence-electron chi connectivity index (χ3n) is 2.02. The van der Waals surface area contributed by atoms with Crippen molar-refractivity contribution in [2.24, 2.45) is 0 Å². The zero-order valence-corrected chi connectivity index (χ0v) is 8.34. The fourth-order valence-corrected chi connectivity index (χ4v) is 1.21. The molecule has 0 aliphatic heterocycles. The molecule has 0 saturated carbocycles. The third kappa shape index (κ3) is 2.73. The summed E-state index contributed by atoms with van der Waals surface area (Å²) >= 11 is 0. The number of ether oxygens (including phenoxy) is 1. The average Bonchev–Trinajstić information content (AvgIpc) is 2.21. The van der Waals surface area contributed by atoms with E-state index < -0.39 is 29.5 Å². The van der Waals surface area contributed by atoms with Crippen molar-refractivity contribution in [1.82, 2.24) is 0 Å². The summed E-state index contributed by atoms with van der Waals surface area (Å²) in [5.41, 5.74) is 0.0191. The summed E-state index contributed by atoms with van der Waals surface area (Å²) in [6.45, 7) is 0. The molecule has 0 amide bonds. The molecule has 3 nitrogen and oxygen atoms in total. The summed E-state index contributed by atoms with van der Waals surface area (Å²) in [7, 11) is 1.16. The molecule has 1 N–H and O–H groups in total. The van der Waals surface area contributed by atoms with Crippen molar-refractivity contribution in [3.63, 3.8) is 0 Å². The molecule has 0 aliphatic rings. The number of halogens is 3. The van der Waals surface area contributed by atoms with Crippen molar-refractivity contribution in [3.05, 3.63) is 35.1 Å². The third-order valence-corrected chi connectivity index (χ3v) is 2.02. The Labute approximate surface area is 89.5 Å². The molecule has 0 radical (unpaired) electrons. The lowest BCUT2D eigenvalue weighted by Crippen LogP contribution is -2.25. The number of hydrogen-bond donors (Lipinski definition) is 1. The minimum Gasteiger partial charge on any atom is -0.479 e. The van der Waals surface area contributed by atoms with Gasteiger partial charge in [-0.05, 0) is 17.7 Å². The zero-order valence-electron chi connectivity index (χ0n) is 8.34. The first-order valence-corrected chi connectivity index (χ1v) is 4.34. The Morgan fingerprint density at radius 1 is 1.38 bits per heavy atom. The summed E-state index contributed by atoms with van der Waals surface area (Å²) in [6.07, 6.45) is -1.45. The van der Waals surface area contributed by atoms with Crippen LogP contribution in [-0.4, -0.2) is 24.3 Å². The van der Waals surface area contributed by atoms with Gasteiger partial charge in [0.25, 0.3) is 0 Å². The largest absolute Gasteiger partial charge is 0.479 e. The van der Waals surface area contributed by atoms with E-state index in [-0.39, 0.29) is 12.0 Å². The van der Waals surface area contributed by atoms with E-state index in [1.807, 2.05) is 0 Å². The highest BCUT2D eigenvalue weighted by atomic mass is 19.2. The number of rotatable bonds is 4. The highest BCUT2D eigenvalue weighted by molar-refractivity contribution is 5.72. The van der Waals surface area contributed by atoms with E-state index in [1.165, 1.54) is 0 Å². The van der Waals surface area contributed by atoms with E-state index in [9.17, 15) is 18.0 Å². The quantitative estimate of drug-likeness (QED) is 0.807. The number of carbonyl (C=O) groups is 1. The second-order valence-electron chi connectivity index (χ2n) is 3.14. The van der Waals surface area contributed by atoms with E-state index >= 15 is 0 Å². The highest BCUT2D eigenvalue weighted by Crippen LogP contribution is 2.15. The Bertz CT molecular complexity index is 383. The van der Waals surface area contributed by atoms with Crippen molar-refractivity contribution in [3.8, 4) is 0 Å². The zero-order chi connectivity index (χ0) is 12.3. The minimum atomic E-state index is -1.58. The molecule has 0 heterocycles. The second-order valence-corrected chi connectivity index (χ2v) is 3.14. The molecule has 1 unspecified atom stereocenters. The van der Waals surface area contributed by atoms with Gasteiger partial charge < -0.3 is 9.84 Å². The number of aliphatic carboxylic acids is 1. The SMILES string of the molecule is COC(Cc1cc(F)c(F)c(F)c1)C(=O)O. The lowest BCUT2D eigenvalue weighted by atomic mass is 10.1. The lowest BCUT2D eigenvalue weighted by molar-refractivity contribution is -0.148. The molecule has 0 fully saturated rings. The minimum absolute atomic E-state index is 0.0191. The Hall–Kier alpha value is -1.56. The number of carboxylic acid groups (broad SMARTS) is 1. The van der Waals surface area contributed by atoms with Gasteiger partial charge in [0.1, 0.15) is 0 Å². The molecule has 88 valence electrons. The first-order chi connectivity index (χ1) is 7.45. The van der Waals surface area contributed by atoms with Gasteiger partial charge >= 0.3 is 5.97 Å². The van der Waals surface area contributed by atoms with Crippen LogP contribution in [0.5, 0.6) is 0 Å². The van der Waals surface area contributed by atoms with E-state index in [4.69, 9.17) is 5.11 Å². The fourth-order valence-electron chi connectivity index (χ4n) is 1.21. The van der Waals surface area contributed by atoms with Gasteiger partial charge in [0.2, 0.25) is 0 Å². The maximum absolute atomic E-state index is 12.8. The summed E-state index contributed by atoms with van der Waals surface area (Å²) in [5, 5.41) is 8.64. The number of carboxylic acids is 1. The summed E-state index contributed by atoms with van der Waals surface area (Å²) in [5.74, 6) is -5.54. The molecule has 0 saturated heterocycles. The smallest absolute Gasteiger partial charge is 0.333 e. The van der Waals surface area contributed by atoms with Crippen molar-refractivity contribution >= 4 is 5.97 Å². The number of benzene rings is 1. The van der Waals surface area contributed by atoms with Gasteiger partial charge in [-0.3, -0.25) is 0 Å². The standard InChI is InChI=1S/C10H9F3O3/c1-16-8(10(14)15)4-5-2-6(11)9(13)7(12)3-5/h2-3,8H,4H2,1H3,(H,14,15). The molecule has 1 atom stereocenters. The number of hydrogen-bond acceptors (Lipinski definition) is 2. The Morgan fingerprint density at radius 3 is 2.25 bits per heavy atom. The average molecular weight is 234 g/mol. The van der Waals surface area contributed by atoms with Crippen LogP contribution in [0.2, 0.25) is 0 Å². The maximum Gasteiger partial charge on any atom is 0.333 e. The van der Waals surface area contributed by atoms with Crippen LogP contribution in [-0.2, 0) is 16.0 Å². The topological polar surface area (TPSA) is 46.5 Å². The van der Waals surface area contributed by atoms with Gasteiger partial charge in [-0.15, -0.1) is 0 Å². The van der Waals surface area contributed by atoms with E-state index in [2.05, 4.69) is 4.74 Å². The van der Waals surface area contributed by atoms with Crippen molar-refractivity contribution in [2.75, 3.05) is 7.11 Å². The fraction of sp³-hybridized carbons (Fsp3) is 0.300. The summed E-state index contributed by atoms with van der Waals surface area (Å²) in [6, 6.07) is 1.49. The predicted molar refractivity (Wildman–Crippen MR) is 48.5 cm³/mol. The van der Waals surface area contributed by atoms with Crippen LogP contribution in [0.3, 0.4) is 0 Å². The van der Waals surface area contributed by atoms with Crippen LogP contribution in [0, 0.1) is 17.5 Å². The molecule has 1 aromatic rings. The first-order valence-electron chi connectivity index (χ1n) is 4.34. The predicted octanol–water partition coefficient (Wildman–Crippen LogP) is 1.75. The second kappa shape index (κ2) is 4.98. The number of methoxy groups -OCH3 is 1. The van der Waals surface area contributed by atoms with E-state index in [1.54, 1.807) is 0 Å². The van der Waals surface area contributed by atoms with Crippen molar-refractivity contribution in [1.29, 1.82) is 0 Å². The molecule has 0 spiro atoms. The van der Waals surface area contributed by atoms with Gasteiger partial charge in [0.15, 0.2) is 23.6 Å². The molecular formula is C10H9F3O3. The summed E-state index contributed by atoms with van der Waals surface area (Å²) < 4.78 is 42.8. The molecule has 1 aromatic carbocycles. The van der Waals surface area contributed by atoms with Crippen LogP contribution in [0.4, 0.5) is 13.2 Å². The monoisotopic (exact) mass is 234 g/mol. The molecule has 0 aromatic heterocycles. The lowest BCUT2D eigenvalue weighted by Gasteiger charge is -2.10. The highest BCUT2D eigenvalue weighted by Gasteiger charge is 2.19. The Morgan fingerprint density at radius 2 is 1.88 bits per heavy atom. The molecule has 0 bridgehead atoms. The van der Waals surface area contributed by atoms with Crippen LogP contribution in [0.15, 0.2) is 12.1 Å². The van der Waals surface area contributed by atoms with Gasteiger partial charge in [-0.1, -0.05) is 0 Å². The first kappa shape index (κ1) is 12.5. The van der Waals surface area contributed by atoms with Gasteiger partial charge in [-0.25, -0.2) is 18.0 Å². The van der Waals surface area contributed by atoms with Crippen molar-refractivity contribution in [2.45, 2.75) is 12.5 Å². The van der Waals surface area contributed by atoms with Crippen LogP contribution >= 0.6 is 0 Å². The van der Waals surface area contributed by atoms with Crippen molar-refractivity contribution < 1.29 is 27.8 Å². The van der Waals surface area contributed by atoms with E-state index in [0.29, 0.717) is 0 Å². The van der Waals surface area contributed by atoms with Crippen LogP contribution < -0.4 is 0 Å². The van der Waals surface area contributed by atoms with Gasteiger partial charge in [-0.2, -0.15) is 0 Å². The molecule has 6 heteroatoms. The Kier molecular flexibility index (Phi) is 3.89. The maximum atomic E-state index is 12.8. The normalized spacial score (nSPS) is 12.5. The molecular weight excluding hydrogens is 225 g/mol. The summed E-state index contributed by atoms with van der Waals surface area (Å²) in [4.78, 5) is 10.6. The Balaban J connectivity index is 2.93. The molecule has 0 aliphatic carbocycles. The van der Waals surface area contributed by atoms with Gasteiger partial charge in [0, 0.05) is 13.5 Å². The van der Waals surface area contributed by atoms with Crippen LogP contribution in [0.1, 0.15) is 5.56 Å². The molecule has 1 rings (SSSR count). The van der Waals surface area contributed by atoms with Gasteiger partial charge in [0.05, 0.1) is 0 Å². The van der Waals surface area contributed by atoms with Crippen LogP contribution in [0.25, 0.3) is 0 Å². The van der Waals surface area contributed by atoms with E-state index in [0.717, 1.165) is 19.2 Å². The molecule has 16 heavy (non-hydrogen) atoms.